The highest BCUT2D eigenvalue weighted by Crippen LogP contribution is 1.84. The van der Waals surface area contributed by atoms with E-state index < -0.39 is 23.9 Å². The topological polar surface area (TPSA) is 98.2 Å². The SMILES string of the molecule is CC(NC(C)C(N)=O)C(N)=O. The van der Waals surface area contributed by atoms with E-state index in [-0.39, 0.29) is 0 Å². The van der Waals surface area contributed by atoms with Gasteiger partial charge in [0, 0.05) is 0 Å². The van der Waals surface area contributed by atoms with Gasteiger partial charge in [-0.3, -0.25) is 14.9 Å². The second-order valence-electron chi connectivity index (χ2n) is 2.41. The van der Waals surface area contributed by atoms with Gasteiger partial charge in [0.2, 0.25) is 11.8 Å². The lowest BCUT2D eigenvalue weighted by atomic mass is 10.2. The standard InChI is InChI=1S/C6H13N3O2/c1-3(5(7)10)9-4(2)6(8)11/h3-4,9H,1-2H3,(H2,7,10)(H2,8,11). The fourth-order valence-corrected chi connectivity index (χ4v) is 0.539. The van der Waals surface area contributed by atoms with Gasteiger partial charge in [0.05, 0.1) is 12.1 Å². The number of hydrogen-bond donors (Lipinski definition) is 3. The Balaban J connectivity index is 3.84. The first-order chi connectivity index (χ1) is 4.95. The van der Waals surface area contributed by atoms with Crippen molar-refractivity contribution in [3.8, 4) is 0 Å². The van der Waals surface area contributed by atoms with Gasteiger partial charge < -0.3 is 11.5 Å². The van der Waals surface area contributed by atoms with Gasteiger partial charge in [0.1, 0.15) is 0 Å². The Morgan fingerprint density at radius 3 is 1.55 bits per heavy atom. The van der Waals surface area contributed by atoms with Crippen molar-refractivity contribution in [3.63, 3.8) is 0 Å². The summed E-state index contributed by atoms with van der Waals surface area (Å²) < 4.78 is 0. The minimum absolute atomic E-state index is 0.502. The maximum atomic E-state index is 10.5. The molecule has 0 fully saturated rings. The van der Waals surface area contributed by atoms with Gasteiger partial charge >= 0.3 is 0 Å². The van der Waals surface area contributed by atoms with Crippen LogP contribution in [-0.4, -0.2) is 23.9 Å². The Hall–Kier alpha value is -1.10. The average Bonchev–Trinajstić information content (AvgIpc) is 1.87. The van der Waals surface area contributed by atoms with Crippen LogP contribution in [0.15, 0.2) is 0 Å². The van der Waals surface area contributed by atoms with Gasteiger partial charge in [-0.25, -0.2) is 0 Å². The van der Waals surface area contributed by atoms with E-state index in [1.165, 1.54) is 0 Å². The second-order valence-corrected chi connectivity index (χ2v) is 2.41. The van der Waals surface area contributed by atoms with Crippen molar-refractivity contribution in [1.29, 1.82) is 0 Å². The molecule has 11 heavy (non-hydrogen) atoms. The Morgan fingerprint density at radius 1 is 1.09 bits per heavy atom. The van der Waals surface area contributed by atoms with Crippen LogP contribution in [0.2, 0.25) is 0 Å². The van der Waals surface area contributed by atoms with Crippen molar-refractivity contribution < 1.29 is 9.59 Å². The van der Waals surface area contributed by atoms with Crippen molar-refractivity contribution in [3.05, 3.63) is 0 Å². The molecule has 5 N–H and O–H groups in total. The molecule has 0 bridgehead atoms. The monoisotopic (exact) mass is 159 g/mol. The van der Waals surface area contributed by atoms with Crippen LogP contribution in [0.5, 0.6) is 0 Å². The molecule has 0 aliphatic rings. The van der Waals surface area contributed by atoms with Crippen LogP contribution in [0.3, 0.4) is 0 Å². The molecule has 64 valence electrons. The number of nitrogens with one attached hydrogen (secondary N) is 1. The molecule has 0 aromatic rings. The molecular weight excluding hydrogens is 146 g/mol. The summed E-state index contributed by atoms with van der Waals surface area (Å²) in [5.74, 6) is -1.00. The van der Waals surface area contributed by atoms with E-state index in [1.54, 1.807) is 13.8 Å². The highest BCUT2D eigenvalue weighted by atomic mass is 16.2. The van der Waals surface area contributed by atoms with Crippen molar-refractivity contribution in [2.45, 2.75) is 25.9 Å². The molecule has 5 nitrogen and oxygen atoms in total. The maximum absolute atomic E-state index is 10.5. The molecule has 5 heteroatoms. The Labute approximate surface area is 65.1 Å². The predicted molar refractivity (Wildman–Crippen MR) is 40.4 cm³/mol. The van der Waals surface area contributed by atoms with E-state index >= 15 is 0 Å². The number of amides is 2. The normalized spacial score (nSPS) is 15.5. The van der Waals surface area contributed by atoms with Crippen molar-refractivity contribution in [1.82, 2.24) is 5.32 Å². The van der Waals surface area contributed by atoms with Crippen LogP contribution in [0.1, 0.15) is 13.8 Å². The molecule has 2 unspecified atom stereocenters. The Bertz CT molecular complexity index is 151. The first-order valence-corrected chi connectivity index (χ1v) is 3.29. The van der Waals surface area contributed by atoms with Crippen LogP contribution in [0.4, 0.5) is 0 Å². The number of rotatable bonds is 4. The lowest BCUT2D eigenvalue weighted by Crippen LogP contribution is -2.48. The fraction of sp³-hybridized carbons (Fsp3) is 0.667. The molecule has 0 aromatic heterocycles. The van der Waals surface area contributed by atoms with Gasteiger partial charge in [-0.2, -0.15) is 0 Å². The van der Waals surface area contributed by atoms with Crippen LogP contribution >= 0.6 is 0 Å². The van der Waals surface area contributed by atoms with Crippen LogP contribution < -0.4 is 16.8 Å². The summed E-state index contributed by atoms with van der Waals surface area (Å²) in [6.07, 6.45) is 0. The summed E-state index contributed by atoms with van der Waals surface area (Å²) in [5.41, 5.74) is 9.86. The smallest absolute Gasteiger partial charge is 0.234 e. The first kappa shape index (κ1) is 9.90. The molecule has 0 saturated carbocycles. The molecule has 0 aliphatic carbocycles. The molecule has 0 saturated heterocycles. The van der Waals surface area contributed by atoms with Gasteiger partial charge in [0.15, 0.2) is 0 Å². The van der Waals surface area contributed by atoms with Crippen LogP contribution in [0.25, 0.3) is 0 Å². The average molecular weight is 159 g/mol. The number of carbonyl (C=O) groups is 2. The first-order valence-electron chi connectivity index (χ1n) is 3.29. The summed E-state index contributed by atoms with van der Waals surface area (Å²) >= 11 is 0. The third-order valence-electron chi connectivity index (χ3n) is 1.35. The molecule has 0 radical (unpaired) electrons. The fourth-order valence-electron chi connectivity index (χ4n) is 0.539. The van der Waals surface area contributed by atoms with Gasteiger partial charge in [-0.05, 0) is 13.8 Å². The van der Waals surface area contributed by atoms with E-state index in [0.29, 0.717) is 0 Å². The predicted octanol–water partition coefficient (Wildman–Crippen LogP) is -1.68. The van der Waals surface area contributed by atoms with E-state index in [4.69, 9.17) is 11.5 Å². The maximum Gasteiger partial charge on any atom is 0.234 e. The summed E-state index contributed by atoms with van der Waals surface area (Å²) in [6.45, 7) is 3.14. The Morgan fingerprint density at radius 2 is 1.36 bits per heavy atom. The van der Waals surface area contributed by atoms with Gasteiger partial charge in [0.25, 0.3) is 0 Å². The molecule has 2 amide bonds. The lowest BCUT2D eigenvalue weighted by molar-refractivity contribution is -0.121. The minimum atomic E-state index is -0.530. The molecule has 0 spiro atoms. The summed E-state index contributed by atoms with van der Waals surface area (Å²) in [6, 6.07) is -1.06. The van der Waals surface area contributed by atoms with Crippen molar-refractivity contribution in [2.24, 2.45) is 11.5 Å². The number of carbonyl (C=O) groups excluding carboxylic acids is 2. The largest absolute Gasteiger partial charge is 0.368 e. The zero-order valence-corrected chi connectivity index (χ0v) is 6.63. The molecule has 2 atom stereocenters. The highest BCUT2D eigenvalue weighted by Gasteiger charge is 2.14. The van der Waals surface area contributed by atoms with E-state index in [0.717, 1.165) is 0 Å². The third-order valence-corrected chi connectivity index (χ3v) is 1.35. The lowest BCUT2D eigenvalue weighted by Gasteiger charge is -2.13. The van der Waals surface area contributed by atoms with Gasteiger partial charge in [-0.1, -0.05) is 0 Å². The molecule has 0 aromatic carbocycles. The quantitative estimate of drug-likeness (QED) is 0.457. The summed E-state index contributed by atoms with van der Waals surface area (Å²) in [4.78, 5) is 20.9. The molecule has 0 heterocycles. The second kappa shape index (κ2) is 3.92. The van der Waals surface area contributed by atoms with Crippen molar-refractivity contribution >= 4 is 11.8 Å². The number of hydrogen-bond acceptors (Lipinski definition) is 3. The third kappa shape index (κ3) is 3.57. The van der Waals surface area contributed by atoms with E-state index in [2.05, 4.69) is 5.32 Å². The number of nitrogens with two attached hydrogens (primary N) is 2. The zero-order chi connectivity index (χ0) is 9.02. The van der Waals surface area contributed by atoms with Crippen molar-refractivity contribution in [2.75, 3.05) is 0 Å². The molecule has 0 rings (SSSR count). The zero-order valence-electron chi connectivity index (χ0n) is 6.63. The summed E-state index contributed by atoms with van der Waals surface area (Å²) in [7, 11) is 0. The van der Waals surface area contributed by atoms with E-state index in [9.17, 15) is 9.59 Å². The van der Waals surface area contributed by atoms with Gasteiger partial charge in [-0.15, -0.1) is 0 Å². The highest BCUT2D eigenvalue weighted by molar-refractivity contribution is 5.82. The molecule has 0 aliphatic heterocycles. The van der Waals surface area contributed by atoms with Crippen LogP contribution in [0, 0.1) is 0 Å². The minimum Gasteiger partial charge on any atom is -0.368 e. The Kier molecular flexibility index (Phi) is 3.53. The number of primary amides is 2. The molecular formula is C6H13N3O2. The van der Waals surface area contributed by atoms with E-state index in [1.807, 2.05) is 0 Å². The summed E-state index contributed by atoms with van der Waals surface area (Å²) in [5, 5.41) is 2.63. The van der Waals surface area contributed by atoms with Crippen LogP contribution in [-0.2, 0) is 9.59 Å².